The van der Waals surface area contributed by atoms with Gasteiger partial charge in [-0.3, -0.25) is 0 Å². The van der Waals surface area contributed by atoms with Crippen LogP contribution in [0.1, 0.15) is 11.3 Å². The standard InChI is InChI=1S/C20H19N3/c1-22(2)18-10-8-15(9-11-18)12-17(14-21)20-13-16-6-4-5-7-19(16)23(20)3/h4-13H,1-3H3/b17-12+. The summed E-state index contributed by atoms with van der Waals surface area (Å²) in [4.78, 5) is 2.06. The molecule has 1 heterocycles. The van der Waals surface area contributed by atoms with E-state index in [0.717, 1.165) is 27.8 Å². The Hall–Kier alpha value is -2.99. The molecule has 0 bridgehead atoms. The second kappa shape index (κ2) is 6.02. The molecule has 2 aromatic carbocycles. The molecular weight excluding hydrogens is 282 g/mol. The first-order chi connectivity index (χ1) is 11.1. The maximum atomic E-state index is 9.59. The Labute approximate surface area is 136 Å². The van der Waals surface area contributed by atoms with Gasteiger partial charge in [0, 0.05) is 37.7 Å². The number of nitrogens with zero attached hydrogens (tertiary/aromatic N) is 3. The van der Waals surface area contributed by atoms with E-state index < -0.39 is 0 Å². The number of para-hydroxylation sites is 1. The van der Waals surface area contributed by atoms with E-state index in [2.05, 4.69) is 45.9 Å². The van der Waals surface area contributed by atoms with Crippen LogP contribution in [-0.2, 0) is 7.05 Å². The normalized spacial score (nSPS) is 11.5. The fourth-order valence-electron chi connectivity index (χ4n) is 2.75. The number of nitriles is 1. The molecule has 0 aliphatic rings. The number of fused-ring (bicyclic) bond motifs is 1. The molecule has 0 aliphatic heterocycles. The highest BCUT2D eigenvalue weighted by Crippen LogP contribution is 2.25. The number of rotatable bonds is 3. The zero-order valence-electron chi connectivity index (χ0n) is 13.6. The Kier molecular flexibility index (Phi) is 3.91. The van der Waals surface area contributed by atoms with Crippen molar-refractivity contribution in [3.8, 4) is 6.07 Å². The first-order valence-corrected chi connectivity index (χ1v) is 7.54. The lowest BCUT2D eigenvalue weighted by Gasteiger charge is -2.12. The molecule has 0 fully saturated rings. The van der Waals surface area contributed by atoms with E-state index in [1.165, 1.54) is 0 Å². The molecule has 0 saturated heterocycles. The third-order valence-corrected chi connectivity index (χ3v) is 4.07. The summed E-state index contributed by atoms with van der Waals surface area (Å²) in [6.45, 7) is 0. The summed E-state index contributed by atoms with van der Waals surface area (Å²) in [7, 11) is 6.03. The van der Waals surface area contributed by atoms with Gasteiger partial charge < -0.3 is 9.47 Å². The first kappa shape index (κ1) is 14.9. The van der Waals surface area contributed by atoms with Gasteiger partial charge in [-0.1, -0.05) is 30.3 Å². The van der Waals surface area contributed by atoms with E-state index in [1.54, 1.807) is 0 Å². The van der Waals surface area contributed by atoms with Crippen LogP contribution in [-0.4, -0.2) is 18.7 Å². The lowest BCUT2D eigenvalue weighted by atomic mass is 10.1. The van der Waals surface area contributed by atoms with Crippen LogP contribution in [0.2, 0.25) is 0 Å². The minimum absolute atomic E-state index is 0.668. The average Bonchev–Trinajstić information content (AvgIpc) is 2.90. The topological polar surface area (TPSA) is 32.0 Å². The molecule has 3 heteroatoms. The number of allylic oxidation sites excluding steroid dienone is 1. The summed E-state index contributed by atoms with van der Waals surface area (Å²) in [5, 5.41) is 10.7. The largest absolute Gasteiger partial charge is 0.378 e. The van der Waals surface area contributed by atoms with Crippen molar-refractivity contribution in [3.05, 3.63) is 65.9 Å². The summed E-state index contributed by atoms with van der Waals surface area (Å²) < 4.78 is 2.07. The smallest absolute Gasteiger partial charge is 0.101 e. The number of hydrogen-bond acceptors (Lipinski definition) is 2. The fraction of sp³-hybridized carbons (Fsp3) is 0.150. The molecule has 1 aromatic heterocycles. The van der Waals surface area contributed by atoms with Gasteiger partial charge in [0.15, 0.2) is 0 Å². The van der Waals surface area contributed by atoms with Gasteiger partial charge in [0.2, 0.25) is 0 Å². The molecule has 3 rings (SSSR count). The van der Waals surface area contributed by atoms with Crippen LogP contribution in [0, 0.1) is 11.3 Å². The zero-order valence-corrected chi connectivity index (χ0v) is 13.6. The maximum Gasteiger partial charge on any atom is 0.101 e. The van der Waals surface area contributed by atoms with Gasteiger partial charge in [-0.15, -0.1) is 0 Å². The second-order valence-corrected chi connectivity index (χ2v) is 5.80. The molecule has 0 radical (unpaired) electrons. The number of aromatic nitrogens is 1. The van der Waals surface area contributed by atoms with E-state index in [0.29, 0.717) is 5.57 Å². The number of aryl methyl sites for hydroxylation is 1. The Balaban J connectivity index is 2.04. The van der Waals surface area contributed by atoms with Gasteiger partial charge in [-0.2, -0.15) is 5.26 Å². The minimum Gasteiger partial charge on any atom is -0.378 e. The second-order valence-electron chi connectivity index (χ2n) is 5.80. The highest BCUT2D eigenvalue weighted by Gasteiger charge is 2.09. The van der Waals surface area contributed by atoms with Crippen molar-refractivity contribution in [1.29, 1.82) is 5.26 Å². The molecule has 0 atom stereocenters. The van der Waals surface area contributed by atoms with Crippen LogP contribution < -0.4 is 4.90 Å². The summed E-state index contributed by atoms with van der Waals surface area (Å²) in [6, 6.07) is 20.8. The number of hydrogen-bond donors (Lipinski definition) is 0. The predicted octanol–water partition coefficient (Wildman–Crippen LogP) is 4.31. The number of benzene rings is 2. The van der Waals surface area contributed by atoms with Gasteiger partial charge in [0.1, 0.15) is 6.07 Å². The lowest BCUT2D eigenvalue weighted by Crippen LogP contribution is -2.07. The summed E-state index contributed by atoms with van der Waals surface area (Å²) in [6.07, 6.45) is 1.94. The predicted molar refractivity (Wildman–Crippen MR) is 97.2 cm³/mol. The molecule has 0 aliphatic carbocycles. The fourth-order valence-corrected chi connectivity index (χ4v) is 2.75. The average molecular weight is 301 g/mol. The third kappa shape index (κ3) is 2.84. The van der Waals surface area contributed by atoms with Crippen LogP contribution in [0.5, 0.6) is 0 Å². The SMILES string of the molecule is CN(C)c1ccc(/C=C(\C#N)c2cc3ccccc3n2C)cc1. The van der Waals surface area contributed by atoms with E-state index in [9.17, 15) is 5.26 Å². The van der Waals surface area contributed by atoms with Gasteiger partial charge >= 0.3 is 0 Å². The molecule has 0 spiro atoms. The minimum atomic E-state index is 0.668. The van der Waals surface area contributed by atoms with Crippen molar-refractivity contribution in [3.63, 3.8) is 0 Å². The Bertz CT molecular complexity index is 906. The monoisotopic (exact) mass is 301 g/mol. The molecule has 0 N–H and O–H groups in total. The van der Waals surface area contributed by atoms with Gasteiger partial charge in [0.05, 0.1) is 11.3 Å². The van der Waals surface area contributed by atoms with Crippen molar-refractivity contribution in [1.82, 2.24) is 4.57 Å². The highest BCUT2D eigenvalue weighted by atomic mass is 15.1. The Morgan fingerprint density at radius 1 is 1.09 bits per heavy atom. The van der Waals surface area contributed by atoms with Crippen LogP contribution in [0.3, 0.4) is 0 Å². The quantitative estimate of drug-likeness (QED) is 0.675. The lowest BCUT2D eigenvalue weighted by molar-refractivity contribution is 0.951. The molecular formula is C20H19N3. The first-order valence-electron chi connectivity index (χ1n) is 7.54. The third-order valence-electron chi connectivity index (χ3n) is 4.07. The van der Waals surface area contributed by atoms with Crippen LogP contribution in [0.4, 0.5) is 5.69 Å². The van der Waals surface area contributed by atoms with Gasteiger partial charge in [-0.25, -0.2) is 0 Å². The van der Waals surface area contributed by atoms with Crippen molar-refractivity contribution in [2.45, 2.75) is 0 Å². The number of anilines is 1. The summed E-state index contributed by atoms with van der Waals surface area (Å²) >= 11 is 0. The van der Waals surface area contributed by atoms with E-state index >= 15 is 0 Å². The molecule has 3 nitrogen and oxygen atoms in total. The molecule has 23 heavy (non-hydrogen) atoms. The molecule has 114 valence electrons. The highest BCUT2D eigenvalue weighted by molar-refractivity contribution is 5.94. The molecule has 3 aromatic rings. The van der Waals surface area contributed by atoms with Gasteiger partial charge in [-0.05, 0) is 35.9 Å². The van der Waals surface area contributed by atoms with Crippen LogP contribution in [0.15, 0.2) is 54.6 Å². The summed E-state index contributed by atoms with van der Waals surface area (Å²) in [5.74, 6) is 0. The molecule has 0 unspecified atom stereocenters. The molecule has 0 amide bonds. The summed E-state index contributed by atoms with van der Waals surface area (Å²) in [5.41, 5.74) is 4.90. The van der Waals surface area contributed by atoms with Crippen LogP contribution in [0.25, 0.3) is 22.6 Å². The van der Waals surface area contributed by atoms with Crippen molar-refractivity contribution in [2.75, 3.05) is 19.0 Å². The van der Waals surface area contributed by atoms with E-state index in [-0.39, 0.29) is 0 Å². The Morgan fingerprint density at radius 2 is 1.78 bits per heavy atom. The molecule has 0 saturated carbocycles. The maximum absolute atomic E-state index is 9.59. The Morgan fingerprint density at radius 3 is 2.39 bits per heavy atom. The van der Waals surface area contributed by atoms with Crippen molar-refractivity contribution < 1.29 is 0 Å². The van der Waals surface area contributed by atoms with Crippen molar-refractivity contribution >= 4 is 28.2 Å². The van der Waals surface area contributed by atoms with E-state index in [4.69, 9.17) is 0 Å². The van der Waals surface area contributed by atoms with E-state index in [1.807, 2.05) is 51.5 Å². The zero-order chi connectivity index (χ0) is 16.4. The van der Waals surface area contributed by atoms with Crippen LogP contribution >= 0.6 is 0 Å². The van der Waals surface area contributed by atoms with Gasteiger partial charge in [0.25, 0.3) is 0 Å². The van der Waals surface area contributed by atoms with Crippen molar-refractivity contribution in [2.24, 2.45) is 7.05 Å².